The van der Waals surface area contributed by atoms with Gasteiger partial charge in [-0.25, -0.2) is 29.4 Å². The number of imidazole rings is 2. The molecule has 0 aliphatic heterocycles. The van der Waals surface area contributed by atoms with Crippen molar-refractivity contribution in [3.8, 4) is 28.7 Å². The quantitative estimate of drug-likeness (QED) is 0.241. The van der Waals surface area contributed by atoms with E-state index in [2.05, 4.69) is 30.4 Å². The molecule has 13 heteroatoms. The van der Waals surface area contributed by atoms with Crippen LogP contribution in [0.1, 0.15) is 68.6 Å². The summed E-state index contributed by atoms with van der Waals surface area (Å²) in [5.74, 6) is 1.92. The molecule has 0 bridgehead atoms. The fraction of sp³-hybridized carbons (Fsp3) is 0.357. The molecule has 212 valence electrons. The lowest BCUT2D eigenvalue weighted by molar-refractivity contribution is -0.140. The van der Waals surface area contributed by atoms with Crippen LogP contribution in [0.25, 0.3) is 28.4 Å². The van der Waals surface area contributed by atoms with Crippen LogP contribution in [-0.4, -0.2) is 46.2 Å². The summed E-state index contributed by atoms with van der Waals surface area (Å²) < 4.78 is 48.8. The van der Waals surface area contributed by atoms with Crippen LogP contribution in [-0.2, 0) is 6.18 Å². The largest absolute Gasteiger partial charge is 0.480 e. The highest BCUT2D eigenvalue weighted by Gasteiger charge is 2.35. The zero-order valence-corrected chi connectivity index (χ0v) is 22.9. The molecule has 4 aromatic heterocycles. The predicted molar refractivity (Wildman–Crippen MR) is 145 cm³/mol. The van der Waals surface area contributed by atoms with Gasteiger partial charge in [0.05, 0.1) is 18.8 Å². The number of anilines is 1. The maximum Gasteiger partial charge on any atom is 0.434 e. The number of hydrogen-bond acceptors (Lipinski definition) is 8. The molecular weight excluding hydrogens is 535 g/mol. The smallest absolute Gasteiger partial charge is 0.434 e. The lowest BCUT2D eigenvalue weighted by Gasteiger charge is -2.18. The Labute approximate surface area is 233 Å². The first-order chi connectivity index (χ1) is 19.6. The maximum atomic E-state index is 13.4. The zero-order chi connectivity index (χ0) is 28.9. The SMILES string of the molecule is COc1ncnc(C2CC2)c1-c1nc(N[C@H](C)c2ccc(-c3nc(C(F)(F)F)cn3C(C)C)cc2)c2nccn2n1. The van der Waals surface area contributed by atoms with Crippen molar-refractivity contribution in [1.29, 1.82) is 0 Å². The first-order valence-corrected chi connectivity index (χ1v) is 13.3. The second-order valence-corrected chi connectivity index (χ2v) is 10.3. The fourth-order valence-electron chi connectivity index (χ4n) is 4.79. The van der Waals surface area contributed by atoms with E-state index >= 15 is 0 Å². The third kappa shape index (κ3) is 5.07. The van der Waals surface area contributed by atoms with E-state index < -0.39 is 11.9 Å². The Hall–Kier alpha value is -4.55. The van der Waals surface area contributed by atoms with E-state index in [0.29, 0.717) is 40.2 Å². The average molecular weight is 564 g/mol. The summed E-state index contributed by atoms with van der Waals surface area (Å²) in [5, 5.41) is 8.09. The highest BCUT2D eigenvalue weighted by molar-refractivity contribution is 5.71. The minimum atomic E-state index is -4.52. The molecule has 0 spiro atoms. The molecule has 41 heavy (non-hydrogen) atoms. The Morgan fingerprint density at radius 2 is 1.78 bits per heavy atom. The van der Waals surface area contributed by atoms with E-state index in [-0.39, 0.29) is 17.9 Å². The Morgan fingerprint density at radius 1 is 1.02 bits per heavy atom. The molecule has 1 N–H and O–H groups in total. The van der Waals surface area contributed by atoms with Gasteiger partial charge in [-0.1, -0.05) is 24.3 Å². The molecule has 1 saturated carbocycles. The number of nitrogens with one attached hydrogen (secondary N) is 1. The normalized spacial score (nSPS) is 14.5. The van der Waals surface area contributed by atoms with Crippen molar-refractivity contribution in [1.82, 2.24) is 39.1 Å². The van der Waals surface area contributed by atoms with Crippen LogP contribution in [0.2, 0.25) is 0 Å². The van der Waals surface area contributed by atoms with Gasteiger partial charge in [-0.3, -0.25) is 0 Å². The second-order valence-electron chi connectivity index (χ2n) is 10.3. The van der Waals surface area contributed by atoms with Crippen molar-refractivity contribution in [2.24, 2.45) is 0 Å². The van der Waals surface area contributed by atoms with E-state index in [0.717, 1.165) is 30.3 Å². The molecule has 5 aromatic rings. The van der Waals surface area contributed by atoms with E-state index in [1.54, 1.807) is 36.2 Å². The van der Waals surface area contributed by atoms with Gasteiger partial charge in [0.25, 0.3) is 0 Å². The molecule has 10 nitrogen and oxygen atoms in total. The molecule has 0 amide bonds. The van der Waals surface area contributed by atoms with Crippen molar-refractivity contribution < 1.29 is 17.9 Å². The third-order valence-corrected chi connectivity index (χ3v) is 7.08. The summed E-state index contributed by atoms with van der Waals surface area (Å²) in [6, 6.07) is 6.87. The summed E-state index contributed by atoms with van der Waals surface area (Å²) in [7, 11) is 1.56. The van der Waals surface area contributed by atoms with Crippen molar-refractivity contribution in [3.63, 3.8) is 0 Å². The number of hydrogen-bond donors (Lipinski definition) is 1. The maximum absolute atomic E-state index is 13.4. The number of ether oxygens (including phenoxy) is 1. The van der Waals surface area contributed by atoms with Gasteiger partial charge in [-0.05, 0) is 39.2 Å². The first-order valence-electron chi connectivity index (χ1n) is 13.3. The number of fused-ring (bicyclic) bond motifs is 1. The lowest BCUT2D eigenvalue weighted by Crippen LogP contribution is -2.12. The van der Waals surface area contributed by atoms with Crippen molar-refractivity contribution in [2.75, 3.05) is 12.4 Å². The minimum absolute atomic E-state index is 0.188. The number of rotatable bonds is 8. The van der Waals surface area contributed by atoms with Gasteiger partial charge in [0, 0.05) is 36.1 Å². The number of aromatic nitrogens is 8. The van der Waals surface area contributed by atoms with Gasteiger partial charge in [0.1, 0.15) is 17.7 Å². The lowest BCUT2D eigenvalue weighted by atomic mass is 10.1. The number of alkyl halides is 3. The van der Waals surface area contributed by atoms with Crippen LogP contribution in [0.4, 0.5) is 19.0 Å². The number of nitrogens with zero attached hydrogens (tertiary/aromatic N) is 8. The van der Waals surface area contributed by atoms with Crippen LogP contribution in [0.5, 0.6) is 5.88 Å². The summed E-state index contributed by atoms with van der Waals surface area (Å²) in [6.45, 7) is 5.61. The summed E-state index contributed by atoms with van der Waals surface area (Å²) >= 11 is 0. The predicted octanol–water partition coefficient (Wildman–Crippen LogP) is 6.10. The molecule has 0 radical (unpaired) electrons. The molecule has 0 unspecified atom stereocenters. The molecule has 6 rings (SSSR count). The number of methoxy groups -OCH3 is 1. The second kappa shape index (κ2) is 10.1. The molecule has 1 atom stereocenters. The standard InChI is InChI=1S/C28H28F3N9O/c1-15(2)39-13-20(28(29,30)31)36-25(39)19-9-5-17(6-10-19)16(3)35-24-26-32-11-12-40(26)38-23(37-24)21-22(18-7-8-18)33-14-34-27(21)41-4/h5-6,9-16,18H,7-8H2,1-4H3,(H,35,37,38)/t16-/m1/s1. The number of halogens is 3. The molecular formula is C28H28F3N9O. The van der Waals surface area contributed by atoms with Crippen LogP contribution in [0.3, 0.4) is 0 Å². The third-order valence-electron chi connectivity index (χ3n) is 7.08. The Kier molecular flexibility index (Phi) is 6.59. The number of benzene rings is 1. The van der Waals surface area contributed by atoms with Gasteiger partial charge in [-0.15, -0.1) is 5.10 Å². The highest BCUT2D eigenvalue weighted by atomic mass is 19.4. The van der Waals surface area contributed by atoms with Crippen molar-refractivity contribution in [2.45, 2.75) is 57.8 Å². The van der Waals surface area contributed by atoms with Crippen molar-refractivity contribution in [3.05, 3.63) is 66.1 Å². The average Bonchev–Trinajstić information content (AvgIpc) is 3.49. The summed E-state index contributed by atoms with van der Waals surface area (Å²) in [4.78, 5) is 21.9. The van der Waals surface area contributed by atoms with Crippen LogP contribution >= 0.6 is 0 Å². The molecule has 4 heterocycles. The molecule has 1 aliphatic carbocycles. The van der Waals surface area contributed by atoms with Crippen LogP contribution in [0, 0.1) is 0 Å². The van der Waals surface area contributed by atoms with Gasteiger partial charge < -0.3 is 14.6 Å². The molecule has 1 aliphatic rings. The van der Waals surface area contributed by atoms with Gasteiger partial charge in [-0.2, -0.15) is 13.2 Å². The summed E-state index contributed by atoms with van der Waals surface area (Å²) in [6.07, 6.45) is 3.49. The topological polar surface area (TPSA) is 108 Å². The zero-order valence-electron chi connectivity index (χ0n) is 22.9. The van der Waals surface area contributed by atoms with Crippen molar-refractivity contribution >= 4 is 11.5 Å². The van der Waals surface area contributed by atoms with E-state index in [9.17, 15) is 13.2 Å². The van der Waals surface area contributed by atoms with Crippen LogP contribution in [0.15, 0.2) is 49.2 Å². The van der Waals surface area contributed by atoms with Gasteiger partial charge >= 0.3 is 6.18 Å². The fourth-order valence-corrected chi connectivity index (χ4v) is 4.79. The highest BCUT2D eigenvalue weighted by Crippen LogP contribution is 2.45. The first kappa shape index (κ1) is 26.7. The summed E-state index contributed by atoms with van der Waals surface area (Å²) in [5.41, 5.74) is 2.64. The minimum Gasteiger partial charge on any atom is -0.480 e. The Morgan fingerprint density at radius 3 is 2.44 bits per heavy atom. The van der Waals surface area contributed by atoms with E-state index in [1.165, 1.54) is 10.9 Å². The molecule has 0 saturated heterocycles. The molecule has 1 fully saturated rings. The van der Waals surface area contributed by atoms with Gasteiger partial charge in [0.15, 0.2) is 23.0 Å². The van der Waals surface area contributed by atoms with Crippen LogP contribution < -0.4 is 10.1 Å². The van der Waals surface area contributed by atoms with E-state index in [1.807, 2.05) is 32.9 Å². The van der Waals surface area contributed by atoms with E-state index in [4.69, 9.17) is 9.72 Å². The molecule has 1 aromatic carbocycles. The Bertz CT molecular complexity index is 1710. The van der Waals surface area contributed by atoms with Gasteiger partial charge in [0.2, 0.25) is 5.88 Å². The Balaban J connectivity index is 1.32. The monoisotopic (exact) mass is 563 g/mol.